The molecule has 0 atom stereocenters. The molecule has 0 aromatic heterocycles. The highest BCUT2D eigenvalue weighted by Crippen LogP contribution is 2.33. The second-order valence-corrected chi connectivity index (χ2v) is 6.38. The second-order valence-electron chi connectivity index (χ2n) is 6.38. The first-order chi connectivity index (χ1) is 11.6. The number of carbonyl (C=O) groups is 1. The molecule has 1 N–H and O–H groups in total. The Labute approximate surface area is 142 Å². The molecule has 122 valence electrons. The van der Waals surface area contributed by atoms with Crippen LogP contribution in [0.15, 0.2) is 60.7 Å². The molecular formula is C22H22O2. The van der Waals surface area contributed by atoms with Crippen LogP contribution in [0.1, 0.15) is 30.9 Å². The lowest BCUT2D eigenvalue weighted by Crippen LogP contribution is -2.02. The molecule has 0 saturated carbocycles. The summed E-state index contributed by atoms with van der Waals surface area (Å²) in [6, 6.07) is 18.0. The van der Waals surface area contributed by atoms with Crippen molar-refractivity contribution in [3.8, 4) is 0 Å². The van der Waals surface area contributed by atoms with E-state index in [-0.39, 0.29) is 5.57 Å². The Kier molecular flexibility index (Phi) is 4.66. The highest BCUT2D eigenvalue weighted by Gasteiger charge is 2.13. The highest BCUT2D eigenvalue weighted by molar-refractivity contribution is 6.08. The predicted molar refractivity (Wildman–Crippen MR) is 101 cm³/mol. The summed E-state index contributed by atoms with van der Waals surface area (Å²) in [5.74, 6) is -0.935. The molecule has 4 rings (SSSR count). The average Bonchev–Trinajstić information content (AvgIpc) is 2.61. The molecule has 2 heteroatoms. The van der Waals surface area contributed by atoms with Gasteiger partial charge in [-0.2, -0.15) is 0 Å². The molecular weight excluding hydrogens is 296 g/mol. The van der Waals surface area contributed by atoms with E-state index in [4.69, 9.17) is 5.11 Å². The monoisotopic (exact) mass is 318 g/mol. The molecule has 0 unspecified atom stereocenters. The lowest BCUT2D eigenvalue weighted by atomic mass is 9.86. The van der Waals surface area contributed by atoms with Gasteiger partial charge in [0.2, 0.25) is 0 Å². The van der Waals surface area contributed by atoms with Crippen molar-refractivity contribution in [2.24, 2.45) is 0 Å². The predicted octanol–water partition coefficient (Wildman–Crippen LogP) is 5.52. The van der Waals surface area contributed by atoms with Crippen molar-refractivity contribution in [1.29, 1.82) is 0 Å². The van der Waals surface area contributed by atoms with Gasteiger partial charge in [0.05, 0.1) is 0 Å². The minimum Gasteiger partial charge on any atom is -0.478 e. The van der Waals surface area contributed by atoms with E-state index < -0.39 is 5.97 Å². The third-order valence-electron chi connectivity index (χ3n) is 4.62. The van der Waals surface area contributed by atoms with Gasteiger partial charge < -0.3 is 5.11 Å². The van der Waals surface area contributed by atoms with Gasteiger partial charge in [-0.05, 0) is 65.3 Å². The van der Waals surface area contributed by atoms with Gasteiger partial charge in [0.25, 0.3) is 0 Å². The van der Waals surface area contributed by atoms with Crippen molar-refractivity contribution >= 4 is 27.5 Å². The van der Waals surface area contributed by atoms with Crippen LogP contribution in [0.2, 0.25) is 0 Å². The largest absolute Gasteiger partial charge is 0.478 e. The van der Waals surface area contributed by atoms with Gasteiger partial charge in [0, 0.05) is 5.57 Å². The van der Waals surface area contributed by atoms with Crippen molar-refractivity contribution < 1.29 is 9.90 Å². The minimum absolute atomic E-state index is 0.176. The fourth-order valence-corrected chi connectivity index (χ4v) is 3.34. The summed E-state index contributed by atoms with van der Waals surface area (Å²) in [6.45, 7) is 4.60. The molecule has 2 nitrogen and oxygen atoms in total. The van der Waals surface area contributed by atoms with Crippen LogP contribution in [0, 0.1) is 0 Å². The molecule has 1 aliphatic carbocycles. The van der Waals surface area contributed by atoms with Crippen molar-refractivity contribution in [3.63, 3.8) is 0 Å². The van der Waals surface area contributed by atoms with E-state index in [0.717, 1.165) is 0 Å². The fraction of sp³-hybridized carbons (Fsp3) is 0.227. The van der Waals surface area contributed by atoms with Crippen molar-refractivity contribution in [2.45, 2.75) is 32.6 Å². The summed E-state index contributed by atoms with van der Waals surface area (Å²) in [5.41, 5.74) is 3.35. The van der Waals surface area contributed by atoms with E-state index in [1.54, 1.807) is 11.1 Å². The summed E-state index contributed by atoms with van der Waals surface area (Å²) in [5, 5.41) is 13.5. The third-order valence-corrected chi connectivity index (χ3v) is 4.62. The summed E-state index contributed by atoms with van der Waals surface area (Å²) >= 11 is 0. The van der Waals surface area contributed by atoms with Crippen LogP contribution in [0.25, 0.3) is 21.5 Å². The maximum Gasteiger partial charge on any atom is 0.330 e. The molecule has 0 spiro atoms. The Morgan fingerprint density at radius 2 is 1.58 bits per heavy atom. The summed E-state index contributed by atoms with van der Waals surface area (Å²) in [6.07, 6.45) is 5.22. The molecule has 0 fully saturated rings. The van der Waals surface area contributed by atoms with Crippen LogP contribution < -0.4 is 0 Å². The highest BCUT2D eigenvalue weighted by atomic mass is 16.4. The number of hydrogen-bond donors (Lipinski definition) is 1. The standard InChI is InChI=1S/C18H16.C4H6O2/c1-3-7-15-13(5-1)9-11-18-16-8-4-2-6-14(16)10-12-17(15)18;1-3(2)4(5)6/h1,3,5,7,9-12H,2,4,6,8H2;1H2,2H3,(H,5,6). The quantitative estimate of drug-likeness (QED) is 0.474. The van der Waals surface area contributed by atoms with Gasteiger partial charge in [-0.3, -0.25) is 0 Å². The maximum atomic E-state index is 9.60. The van der Waals surface area contributed by atoms with Crippen LogP contribution >= 0.6 is 0 Å². The van der Waals surface area contributed by atoms with Gasteiger partial charge in [0.15, 0.2) is 0 Å². The van der Waals surface area contributed by atoms with E-state index in [9.17, 15) is 4.79 Å². The number of benzene rings is 3. The zero-order valence-corrected chi connectivity index (χ0v) is 14.0. The fourth-order valence-electron chi connectivity index (χ4n) is 3.34. The maximum absolute atomic E-state index is 9.60. The minimum atomic E-state index is -0.935. The van der Waals surface area contributed by atoms with Crippen LogP contribution in [0.4, 0.5) is 0 Å². The third kappa shape index (κ3) is 3.18. The summed E-state index contributed by atoms with van der Waals surface area (Å²) < 4.78 is 0. The summed E-state index contributed by atoms with van der Waals surface area (Å²) in [4.78, 5) is 9.60. The zero-order valence-electron chi connectivity index (χ0n) is 14.0. The van der Waals surface area contributed by atoms with Gasteiger partial charge in [-0.25, -0.2) is 4.79 Å². The lowest BCUT2D eigenvalue weighted by molar-refractivity contribution is -0.132. The van der Waals surface area contributed by atoms with E-state index in [1.807, 2.05) is 0 Å². The Balaban J connectivity index is 0.000000246. The number of aliphatic carboxylic acids is 1. The molecule has 3 aromatic carbocycles. The lowest BCUT2D eigenvalue weighted by Gasteiger charge is -2.18. The smallest absolute Gasteiger partial charge is 0.330 e. The first-order valence-electron chi connectivity index (χ1n) is 8.39. The molecule has 1 aliphatic rings. The molecule has 0 radical (unpaired) electrons. The molecule has 24 heavy (non-hydrogen) atoms. The Morgan fingerprint density at radius 1 is 0.917 bits per heavy atom. The number of hydrogen-bond acceptors (Lipinski definition) is 1. The molecule has 0 aliphatic heterocycles. The number of rotatable bonds is 1. The Hall–Kier alpha value is -2.61. The number of fused-ring (bicyclic) bond motifs is 5. The number of aryl methyl sites for hydroxylation is 2. The van der Waals surface area contributed by atoms with E-state index in [1.165, 1.54) is 54.2 Å². The molecule has 0 saturated heterocycles. The van der Waals surface area contributed by atoms with Crippen molar-refractivity contribution in [2.75, 3.05) is 0 Å². The molecule has 0 amide bonds. The van der Waals surface area contributed by atoms with E-state index >= 15 is 0 Å². The Bertz CT molecular complexity index is 910. The average molecular weight is 318 g/mol. The van der Waals surface area contributed by atoms with E-state index in [0.29, 0.717) is 0 Å². The number of carboxylic acids is 1. The van der Waals surface area contributed by atoms with Gasteiger partial charge in [-0.1, -0.05) is 55.1 Å². The topological polar surface area (TPSA) is 37.3 Å². The van der Waals surface area contributed by atoms with Crippen LogP contribution in [-0.2, 0) is 17.6 Å². The molecule has 3 aromatic rings. The summed E-state index contributed by atoms with van der Waals surface area (Å²) in [7, 11) is 0. The Morgan fingerprint density at radius 3 is 2.33 bits per heavy atom. The zero-order chi connectivity index (χ0) is 17.1. The number of carboxylic acid groups (broad SMARTS) is 1. The van der Waals surface area contributed by atoms with Crippen LogP contribution in [0.3, 0.4) is 0 Å². The second kappa shape index (κ2) is 6.88. The van der Waals surface area contributed by atoms with Crippen LogP contribution in [0.5, 0.6) is 0 Å². The SMILES string of the molecule is C=C(C)C(=O)O.c1ccc2c(c1)ccc1c3c(ccc12)CCCC3. The van der Waals surface area contributed by atoms with Crippen molar-refractivity contribution in [3.05, 3.63) is 71.8 Å². The van der Waals surface area contributed by atoms with Gasteiger partial charge in [-0.15, -0.1) is 0 Å². The van der Waals surface area contributed by atoms with Gasteiger partial charge in [0.1, 0.15) is 0 Å². The normalized spacial score (nSPS) is 13.0. The van der Waals surface area contributed by atoms with Crippen LogP contribution in [-0.4, -0.2) is 11.1 Å². The van der Waals surface area contributed by atoms with Crippen molar-refractivity contribution in [1.82, 2.24) is 0 Å². The first kappa shape index (κ1) is 16.3. The molecule has 0 bridgehead atoms. The van der Waals surface area contributed by atoms with E-state index in [2.05, 4.69) is 55.1 Å². The molecule has 0 heterocycles. The van der Waals surface area contributed by atoms with Gasteiger partial charge >= 0.3 is 5.97 Å². The first-order valence-corrected chi connectivity index (χ1v) is 8.39.